The van der Waals surface area contributed by atoms with Gasteiger partial charge in [0.2, 0.25) is 35.8 Å². The Bertz CT molecular complexity index is 1050. The van der Waals surface area contributed by atoms with E-state index in [9.17, 15) is 18.8 Å². The molecular weight excluding hydrogens is 384 g/mol. The lowest BCUT2D eigenvalue weighted by molar-refractivity contribution is -0.147. The fourth-order valence-corrected chi connectivity index (χ4v) is 3.74. The van der Waals surface area contributed by atoms with E-state index in [0.29, 0.717) is 9.62 Å². The van der Waals surface area contributed by atoms with Crippen LogP contribution < -0.4 is 15.6 Å². The smallest absolute Gasteiger partial charge is 0.253 e. The van der Waals surface area contributed by atoms with E-state index in [0.717, 1.165) is 0 Å². The molecule has 1 atom stereocenters. The van der Waals surface area contributed by atoms with Crippen LogP contribution in [0.25, 0.3) is 0 Å². The predicted molar refractivity (Wildman–Crippen MR) is 120 cm³/mol. The molecule has 0 aromatic heterocycles. The normalized spacial score (nSPS) is 23.6. The second-order valence-electron chi connectivity index (χ2n) is 7.37. The molecular formula is C13HB11FN3O3. The molecule has 0 aliphatic carbocycles. The molecule has 1 fully saturated rings. The first-order chi connectivity index (χ1) is 13.9. The fraction of sp³-hybridized carbons (Fsp3) is 0.308. The molecule has 2 heterocycles. The van der Waals surface area contributed by atoms with Crippen molar-refractivity contribution < 1.29 is 18.8 Å². The quantitative estimate of drug-likeness (QED) is 0.376. The van der Waals surface area contributed by atoms with E-state index in [1.165, 1.54) is 0 Å². The van der Waals surface area contributed by atoms with Gasteiger partial charge in [-0.3, -0.25) is 14.4 Å². The van der Waals surface area contributed by atoms with Crippen LogP contribution in [0.3, 0.4) is 0 Å². The Labute approximate surface area is 193 Å². The molecule has 126 valence electrons. The molecule has 1 aromatic carbocycles. The van der Waals surface area contributed by atoms with Crippen molar-refractivity contribution in [1.29, 1.82) is 0 Å². The van der Waals surface area contributed by atoms with E-state index in [4.69, 9.17) is 86.7 Å². The monoisotopic (exact) mass is 387 g/mol. The van der Waals surface area contributed by atoms with Crippen LogP contribution in [-0.4, -0.2) is 120 Å². The molecule has 18 heteroatoms. The molecule has 1 aromatic rings. The Balaban J connectivity index is 2.35. The molecule has 31 heavy (non-hydrogen) atoms. The molecule has 0 spiro atoms. The maximum absolute atomic E-state index is 14.6. The van der Waals surface area contributed by atoms with Gasteiger partial charge in [0.05, 0.1) is 53.1 Å². The second kappa shape index (κ2) is 6.88. The van der Waals surface area contributed by atoms with Crippen LogP contribution in [0.1, 0.15) is 15.9 Å². The molecule has 0 bridgehead atoms. The van der Waals surface area contributed by atoms with Gasteiger partial charge < -0.3 is 14.4 Å². The summed E-state index contributed by atoms with van der Waals surface area (Å²) < 4.78 is 14.9. The van der Waals surface area contributed by atoms with Gasteiger partial charge in [0, 0.05) is 11.3 Å². The highest BCUT2D eigenvalue weighted by atomic mass is 19.1. The van der Waals surface area contributed by atoms with Crippen molar-refractivity contribution in [2.24, 2.45) is 0 Å². The molecule has 0 N–H and O–H groups in total. The minimum atomic E-state index is -2.67. The van der Waals surface area contributed by atoms with E-state index in [1.807, 2.05) is 0 Å². The van der Waals surface area contributed by atoms with Crippen LogP contribution in [0.2, 0.25) is 10.4 Å². The molecule has 0 saturated carbocycles. The minimum absolute atomic E-state index is 0.00631. The first-order valence-electron chi connectivity index (χ1n) is 8.34. The van der Waals surface area contributed by atoms with Crippen LogP contribution in [0.15, 0.2) is 0 Å². The maximum atomic E-state index is 14.6. The van der Waals surface area contributed by atoms with E-state index < -0.39 is 73.1 Å². The largest absolute Gasteiger partial charge is 0.479 e. The Hall–Kier alpha value is -1.73. The van der Waals surface area contributed by atoms with Gasteiger partial charge in [0.1, 0.15) is 21.5 Å². The van der Waals surface area contributed by atoms with Gasteiger partial charge in [-0.15, -0.1) is 0 Å². The molecule has 22 radical (unpaired) electrons. The number of halogens is 1. The topological polar surface area (TPSA) is 60.9 Å². The zero-order valence-electron chi connectivity index (χ0n) is 15.9. The number of carbonyl (C=O) groups is 3. The van der Waals surface area contributed by atoms with Crippen molar-refractivity contribution in [2.45, 2.75) is 21.8 Å². The van der Waals surface area contributed by atoms with Gasteiger partial charge in [0.15, 0.2) is 0 Å². The van der Waals surface area contributed by atoms with Gasteiger partial charge in [-0.05, 0) is 27.0 Å². The summed E-state index contributed by atoms with van der Waals surface area (Å²) in [7, 11) is 63.6. The number of hydrogen-bond donors (Lipinski definition) is 0. The summed E-state index contributed by atoms with van der Waals surface area (Å²) in [4.78, 5) is 38.8. The number of nitrogens with zero attached hydrogens (tertiary/aromatic N) is 3. The average molecular weight is 385 g/mol. The average Bonchev–Trinajstić information content (AvgIpc) is 2.84. The van der Waals surface area contributed by atoms with Crippen LogP contribution in [0.4, 0.5) is 10.1 Å². The number of hydrogen-bond acceptors (Lipinski definition) is 4. The van der Waals surface area contributed by atoms with Crippen LogP contribution in [0.5, 0.6) is 0 Å². The van der Waals surface area contributed by atoms with E-state index >= 15 is 0 Å². The Morgan fingerprint density at radius 3 is 1.94 bits per heavy atom. The Kier molecular flexibility index (Phi) is 5.31. The highest BCUT2D eigenvalue weighted by Crippen LogP contribution is 2.54. The zero-order chi connectivity index (χ0) is 24.0. The molecule has 6 nitrogen and oxygen atoms in total. The van der Waals surface area contributed by atoms with E-state index in [1.54, 1.807) is 0 Å². The number of piperidine rings is 1. The van der Waals surface area contributed by atoms with Crippen LogP contribution in [0, 0.1) is 5.82 Å². The SMILES string of the molecule is [B]c1c(F)c([B])c(N([B])[B])c2c1C(=O)N(C1C(=O)N([B])C(=O)C([B])([B])C1([B])[B])C2([B])[B]. The summed E-state index contributed by atoms with van der Waals surface area (Å²) in [5.41, 5.74) is -3.07. The molecule has 1 unspecified atom stereocenters. The number of benzene rings is 1. The number of rotatable bonds is 2. The maximum Gasteiger partial charge on any atom is 0.253 e. The Morgan fingerprint density at radius 1 is 0.935 bits per heavy atom. The lowest BCUT2D eigenvalue weighted by atomic mass is 9.26. The summed E-state index contributed by atoms with van der Waals surface area (Å²) in [6.45, 7) is 0. The van der Waals surface area contributed by atoms with Crippen LogP contribution in [-0.2, 0) is 14.9 Å². The second-order valence-corrected chi connectivity index (χ2v) is 7.37. The summed E-state index contributed by atoms with van der Waals surface area (Å²) in [6, 6.07) is -2.12. The zero-order valence-corrected chi connectivity index (χ0v) is 15.9. The van der Waals surface area contributed by atoms with Gasteiger partial charge in [-0.2, -0.15) is 0 Å². The number of anilines is 1. The number of carbonyl (C=O) groups excluding carboxylic acids is 3. The lowest BCUT2D eigenvalue weighted by Crippen LogP contribution is -2.70. The van der Waals surface area contributed by atoms with Crippen molar-refractivity contribution in [2.75, 3.05) is 4.72 Å². The van der Waals surface area contributed by atoms with Gasteiger partial charge in [-0.25, -0.2) is 4.39 Å². The first-order valence-corrected chi connectivity index (χ1v) is 8.34. The molecule has 2 aliphatic heterocycles. The van der Waals surface area contributed by atoms with Crippen molar-refractivity contribution in [3.05, 3.63) is 16.9 Å². The molecule has 2 aliphatic rings. The number of amides is 3. The number of fused-ring (bicyclic) bond motifs is 1. The van der Waals surface area contributed by atoms with E-state index in [2.05, 4.69) is 0 Å². The van der Waals surface area contributed by atoms with Crippen molar-refractivity contribution in [1.82, 2.24) is 9.71 Å². The third kappa shape index (κ3) is 2.81. The first kappa shape index (κ1) is 23.9. The third-order valence-electron chi connectivity index (χ3n) is 5.45. The number of imide groups is 1. The van der Waals surface area contributed by atoms with Gasteiger partial charge >= 0.3 is 0 Å². The predicted octanol–water partition coefficient (Wildman–Crippen LogP) is -5.98. The Morgan fingerprint density at radius 2 is 1.45 bits per heavy atom. The summed E-state index contributed by atoms with van der Waals surface area (Å²) in [5.74, 6) is -5.19. The van der Waals surface area contributed by atoms with Gasteiger partial charge in [0.25, 0.3) is 5.91 Å². The minimum Gasteiger partial charge on any atom is -0.479 e. The highest BCUT2D eigenvalue weighted by Gasteiger charge is 2.61. The fourth-order valence-electron chi connectivity index (χ4n) is 3.74. The summed E-state index contributed by atoms with van der Waals surface area (Å²) in [5, 5.41) is -7.86. The van der Waals surface area contributed by atoms with Crippen molar-refractivity contribution in [3.63, 3.8) is 0 Å². The summed E-state index contributed by atoms with van der Waals surface area (Å²) >= 11 is 0. The molecule has 3 rings (SSSR count). The standard InChI is InChI=1S/C13HB11FN3O3/c14-3-1-2(6(28(23)24)4(15)5(3)25)13(20,21)26(8(1)29)7-9(30)27(22)10(31)12(18,19)11(7,16)17/h7H. The third-order valence-corrected chi connectivity index (χ3v) is 5.45. The van der Waals surface area contributed by atoms with E-state index in [-0.39, 0.29) is 4.81 Å². The lowest BCUT2D eigenvalue weighted by Gasteiger charge is -2.58. The molecule has 3 amide bonds. The summed E-state index contributed by atoms with van der Waals surface area (Å²) in [6.07, 6.45) is 0. The molecule has 1 saturated heterocycles. The van der Waals surface area contributed by atoms with Crippen molar-refractivity contribution in [3.8, 4) is 0 Å². The van der Waals surface area contributed by atoms with Crippen molar-refractivity contribution >= 4 is 121 Å². The highest BCUT2D eigenvalue weighted by molar-refractivity contribution is 6.65. The van der Waals surface area contributed by atoms with Crippen LogP contribution >= 0.6 is 0 Å². The van der Waals surface area contributed by atoms with Gasteiger partial charge in [-0.1, -0.05) is 5.21 Å².